The van der Waals surface area contributed by atoms with Gasteiger partial charge >= 0.3 is 5.97 Å². The molecule has 0 saturated heterocycles. The van der Waals surface area contributed by atoms with E-state index in [1.54, 1.807) is 6.07 Å². The van der Waals surface area contributed by atoms with E-state index in [2.05, 4.69) is 27.6 Å². The van der Waals surface area contributed by atoms with Crippen LogP contribution >= 0.6 is 15.9 Å². The highest BCUT2D eigenvalue weighted by atomic mass is 79.9. The molecule has 0 N–H and O–H groups in total. The number of aromatic nitrogens is 1. The number of esters is 1. The maximum absolute atomic E-state index is 11.3. The Morgan fingerprint density at radius 1 is 1.64 bits per heavy atom. The number of alkyl halides is 1. The smallest absolute Gasteiger partial charge is 0.354 e. The summed E-state index contributed by atoms with van der Waals surface area (Å²) >= 11 is 3.48. The van der Waals surface area contributed by atoms with Crippen molar-refractivity contribution in [3.63, 3.8) is 0 Å². The van der Waals surface area contributed by atoms with Crippen LogP contribution in [-0.4, -0.2) is 22.5 Å². The summed E-state index contributed by atoms with van der Waals surface area (Å²) < 4.78 is 6.53. The van der Waals surface area contributed by atoms with Gasteiger partial charge in [0, 0.05) is 17.6 Å². The Bertz CT molecular complexity index is 331. The van der Waals surface area contributed by atoms with Gasteiger partial charge in [0.25, 0.3) is 0 Å². The van der Waals surface area contributed by atoms with Crippen LogP contribution in [-0.2, 0) is 18.2 Å². The summed E-state index contributed by atoms with van der Waals surface area (Å²) in [4.78, 5) is 11.7. The minimum atomic E-state index is -0.291. The molecule has 1 aromatic heterocycles. The van der Waals surface area contributed by atoms with Crippen molar-refractivity contribution in [3.05, 3.63) is 23.5 Å². The standard InChI is InChI=1S/C10H14BrNO2/c1-7(11)6-8-4-5-9(12(8)2)10(13)14-3/h4-5,7H,6H2,1-3H3. The molecule has 1 unspecified atom stereocenters. The lowest BCUT2D eigenvalue weighted by molar-refractivity contribution is 0.0589. The Kier molecular flexibility index (Phi) is 3.75. The second-order valence-electron chi connectivity index (χ2n) is 3.25. The van der Waals surface area contributed by atoms with E-state index in [9.17, 15) is 4.79 Å². The first kappa shape index (κ1) is 11.3. The molecule has 3 nitrogen and oxygen atoms in total. The fraction of sp³-hybridized carbons (Fsp3) is 0.500. The van der Waals surface area contributed by atoms with Crippen molar-refractivity contribution in [2.45, 2.75) is 18.2 Å². The van der Waals surface area contributed by atoms with Gasteiger partial charge in [-0.05, 0) is 18.6 Å². The first-order valence-corrected chi connectivity index (χ1v) is 5.34. The van der Waals surface area contributed by atoms with Gasteiger partial charge in [0.15, 0.2) is 0 Å². The van der Waals surface area contributed by atoms with E-state index in [-0.39, 0.29) is 5.97 Å². The van der Waals surface area contributed by atoms with Gasteiger partial charge in [-0.1, -0.05) is 22.9 Å². The van der Waals surface area contributed by atoms with Gasteiger partial charge in [0.05, 0.1) is 7.11 Å². The molecule has 1 rings (SSSR count). The molecule has 0 radical (unpaired) electrons. The minimum absolute atomic E-state index is 0.291. The summed E-state index contributed by atoms with van der Waals surface area (Å²) in [6.45, 7) is 2.07. The first-order valence-electron chi connectivity index (χ1n) is 4.43. The Morgan fingerprint density at radius 2 is 2.29 bits per heavy atom. The van der Waals surface area contributed by atoms with E-state index in [0.29, 0.717) is 10.5 Å². The number of methoxy groups -OCH3 is 1. The number of halogens is 1. The number of carbonyl (C=O) groups excluding carboxylic acids is 1. The molecule has 0 saturated carbocycles. The highest BCUT2D eigenvalue weighted by molar-refractivity contribution is 9.09. The highest BCUT2D eigenvalue weighted by Gasteiger charge is 2.13. The lowest BCUT2D eigenvalue weighted by Gasteiger charge is -2.07. The average molecular weight is 260 g/mol. The molecule has 1 atom stereocenters. The summed E-state index contributed by atoms with van der Waals surface area (Å²) in [5.74, 6) is -0.291. The summed E-state index contributed by atoms with van der Waals surface area (Å²) in [5, 5.41) is 0. The zero-order valence-electron chi connectivity index (χ0n) is 8.58. The molecular weight excluding hydrogens is 246 g/mol. The predicted molar refractivity (Wildman–Crippen MR) is 58.8 cm³/mol. The molecule has 1 aromatic rings. The third-order valence-corrected chi connectivity index (χ3v) is 2.43. The van der Waals surface area contributed by atoms with Gasteiger partial charge in [-0.15, -0.1) is 0 Å². The van der Waals surface area contributed by atoms with Crippen LogP contribution in [0.4, 0.5) is 0 Å². The SMILES string of the molecule is COC(=O)c1ccc(CC(C)Br)n1C. The number of hydrogen-bond acceptors (Lipinski definition) is 2. The van der Waals surface area contributed by atoms with E-state index in [0.717, 1.165) is 12.1 Å². The second-order valence-corrected chi connectivity index (χ2v) is 4.81. The van der Waals surface area contributed by atoms with E-state index in [1.165, 1.54) is 7.11 Å². The largest absolute Gasteiger partial charge is 0.464 e. The fourth-order valence-corrected chi connectivity index (χ4v) is 1.69. The van der Waals surface area contributed by atoms with Crippen LogP contribution in [0.1, 0.15) is 23.1 Å². The van der Waals surface area contributed by atoms with Crippen LogP contribution in [0, 0.1) is 0 Å². The highest BCUT2D eigenvalue weighted by Crippen LogP contribution is 2.13. The predicted octanol–water partition coefficient (Wildman–Crippen LogP) is 2.14. The van der Waals surface area contributed by atoms with E-state index in [1.807, 2.05) is 17.7 Å². The third kappa shape index (κ3) is 2.38. The summed E-state index contributed by atoms with van der Waals surface area (Å²) in [6.07, 6.45) is 0.896. The molecule has 4 heteroatoms. The zero-order valence-corrected chi connectivity index (χ0v) is 10.2. The monoisotopic (exact) mass is 259 g/mol. The van der Waals surface area contributed by atoms with Crippen molar-refractivity contribution in [2.24, 2.45) is 7.05 Å². The quantitative estimate of drug-likeness (QED) is 0.616. The van der Waals surface area contributed by atoms with Crippen LogP contribution in [0.15, 0.2) is 12.1 Å². The summed E-state index contributed by atoms with van der Waals surface area (Å²) in [5.41, 5.74) is 1.71. The molecule has 0 aliphatic carbocycles. The Morgan fingerprint density at radius 3 is 2.79 bits per heavy atom. The lowest BCUT2D eigenvalue weighted by Crippen LogP contribution is -2.10. The van der Waals surface area contributed by atoms with Gasteiger partial charge in [-0.2, -0.15) is 0 Å². The van der Waals surface area contributed by atoms with Crippen LogP contribution in [0.25, 0.3) is 0 Å². The molecule has 1 heterocycles. The first-order chi connectivity index (χ1) is 6.56. The zero-order chi connectivity index (χ0) is 10.7. The van der Waals surface area contributed by atoms with E-state index < -0.39 is 0 Å². The Labute approximate surface area is 92.2 Å². The van der Waals surface area contributed by atoms with E-state index in [4.69, 9.17) is 0 Å². The number of hydrogen-bond donors (Lipinski definition) is 0. The molecule has 0 aliphatic rings. The molecule has 0 spiro atoms. The summed E-state index contributed by atoms with van der Waals surface area (Å²) in [6, 6.07) is 3.74. The van der Waals surface area contributed by atoms with Crippen molar-refractivity contribution in [3.8, 4) is 0 Å². The second kappa shape index (κ2) is 4.64. The molecule has 0 aliphatic heterocycles. The van der Waals surface area contributed by atoms with Gasteiger partial charge < -0.3 is 9.30 Å². The summed E-state index contributed by atoms with van der Waals surface area (Å²) in [7, 11) is 3.26. The van der Waals surface area contributed by atoms with Gasteiger partial charge in [-0.3, -0.25) is 0 Å². The molecule has 0 fully saturated rings. The van der Waals surface area contributed by atoms with Crippen LogP contribution in [0.5, 0.6) is 0 Å². The van der Waals surface area contributed by atoms with Gasteiger partial charge in [0.2, 0.25) is 0 Å². The maximum Gasteiger partial charge on any atom is 0.354 e. The van der Waals surface area contributed by atoms with Crippen molar-refractivity contribution in [1.29, 1.82) is 0 Å². The lowest BCUT2D eigenvalue weighted by atomic mass is 10.2. The van der Waals surface area contributed by atoms with Crippen molar-refractivity contribution >= 4 is 21.9 Å². The molecule has 14 heavy (non-hydrogen) atoms. The number of carbonyl (C=O) groups is 1. The molecular formula is C10H14BrNO2. The van der Waals surface area contributed by atoms with Crippen LogP contribution < -0.4 is 0 Å². The molecule has 78 valence electrons. The maximum atomic E-state index is 11.3. The topological polar surface area (TPSA) is 31.2 Å². The Hall–Kier alpha value is -0.770. The third-order valence-electron chi connectivity index (χ3n) is 2.11. The normalized spacial score (nSPS) is 12.6. The average Bonchev–Trinajstić information content (AvgIpc) is 2.46. The van der Waals surface area contributed by atoms with E-state index >= 15 is 0 Å². The molecule has 0 aromatic carbocycles. The molecule has 0 amide bonds. The number of nitrogens with zero attached hydrogens (tertiary/aromatic N) is 1. The van der Waals surface area contributed by atoms with Gasteiger partial charge in [-0.25, -0.2) is 4.79 Å². The number of rotatable bonds is 3. The minimum Gasteiger partial charge on any atom is -0.464 e. The van der Waals surface area contributed by atoms with Crippen molar-refractivity contribution in [1.82, 2.24) is 4.57 Å². The van der Waals surface area contributed by atoms with Gasteiger partial charge in [0.1, 0.15) is 5.69 Å². The Balaban J connectivity index is 2.90. The van der Waals surface area contributed by atoms with Crippen LogP contribution in [0.2, 0.25) is 0 Å². The van der Waals surface area contributed by atoms with Crippen molar-refractivity contribution < 1.29 is 9.53 Å². The van der Waals surface area contributed by atoms with Crippen LogP contribution in [0.3, 0.4) is 0 Å². The molecule has 0 bridgehead atoms. The van der Waals surface area contributed by atoms with Crippen molar-refractivity contribution in [2.75, 3.05) is 7.11 Å². The fourth-order valence-electron chi connectivity index (χ4n) is 1.36. The number of ether oxygens (including phenoxy) is 1.